The van der Waals surface area contributed by atoms with Gasteiger partial charge in [0.25, 0.3) is 0 Å². The number of pyridine rings is 1. The van der Waals surface area contributed by atoms with Gasteiger partial charge in [-0.2, -0.15) is 11.3 Å². The van der Waals surface area contributed by atoms with Crippen LogP contribution < -0.4 is 4.74 Å². The van der Waals surface area contributed by atoms with Gasteiger partial charge in [-0.25, -0.2) is 4.98 Å². The molecule has 1 unspecified atom stereocenters. The molecule has 3 rings (SSSR count). The molecule has 1 saturated heterocycles. The zero-order valence-corrected chi connectivity index (χ0v) is 12.8. The largest absolute Gasteiger partial charge is 0.472 e. The van der Waals surface area contributed by atoms with Gasteiger partial charge in [-0.05, 0) is 35.4 Å². The molecule has 0 saturated carbocycles. The van der Waals surface area contributed by atoms with Crippen LogP contribution in [0.4, 0.5) is 0 Å². The summed E-state index contributed by atoms with van der Waals surface area (Å²) in [5.74, 6) is 0.823. The number of ether oxygens (including phenoxy) is 1. The van der Waals surface area contributed by atoms with Crippen LogP contribution in [0.1, 0.15) is 17.7 Å². The zero-order chi connectivity index (χ0) is 14.7. The molecule has 0 aliphatic carbocycles. The van der Waals surface area contributed by atoms with E-state index in [1.165, 1.54) is 0 Å². The zero-order valence-electron chi connectivity index (χ0n) is 12.0. The molecule has 110 valence electrons. The number of nitrogens with zero attached hydrogens (tertiary/aromatic N) is 2. The monoisotopic (exact) mass is 302 g/mol. The lowest BCUT2D eigenvalue weighted by atomic mass is 10.2. The van der Waals surface area contributed by atoms with Crippen LogP contribution in [0.2, 0.25) is 0 Å². The normalized spacial score (nSPS) is 18.0. The molecule has 1 aliphatic rings. The fraction of sp³-hybridized carbons (Fsp3) is 0.375. The van der Waals surface area contributed by atoms with Crippen LogP contribution in [0.3, 0.4) is 0 Å². The van der Waals surface area contributed by atoms with E-state index >= 15 is 0 Å². The third kappa shape index (κ3) is 3.61. The second-order valence-corrected chi connectivity index (χ2v) is 6.07. The average Bonchev–Trinajstić information content (AvgIpc) is 3.10. The predicted octanol–water partition coefficient (Wildman–Crippen LogP) is 2.67. The van der Waals surface area contributed by atoms with Gasteiger partial charge < -0.3 is 9.64 Å². The van der Waals surface area contributed by atoms with Gasteiger partial charge >= 0.3 is 0 Å². The van der Waals surface area contributed by atoms with Crippen molar-refractivity contribution in [2.75, 3.05) is 13.1 Å². The van der Waals surface area contributed by atoms with Crippen molar-refractivity contribution >= 4 is 17.2 Å². The lowest BCUT2D eigenvalue weighted by Gasteiger charge is -2.16. The number of likely N-dealkylation sites (tertiary alicyclic amines) is 1. The van der Waals surface area contributed by atoms with E-state index in [2.05, 4.69) is 4.98 Å². The molecule has 1 amide bonds. The molecule has 0 N–H and O–H groups in total. The first-order chi connectivity index (χ1) is 10.2. The summed E-state index contributed by atoms with van der Waals surface area (Å²) >= 11 is 1.62. The van der Waals surface area contributed by atoms with Crippen molar-refractivity contribution in [3.05, 3.63) is 46.3 Å². The van der Waals surface area contributed by atoms with E-state index in [1.54, 1.807) is 11.3 Å². The minimum absolute atomic E-state index is 0.0470. The number of carbonyl (C=O) groups excluding carboxylic acids is 1. The lowest BCUT2D eigenvalue weighted by molar-refractivity contribution is -0.129. The summed E-state index contributed by atoms with van der Waals surface area (Å²) in [5.41, 5.74) is 2.03. The van der Waals surface area contributed by atoms with Crippen molar-refractivity contribution in [3.63, 3.8) is 0 Å². The Morgan fingerprint density at radius 1 is 1.48 bits per heavy atom. The van der Waals surface area contributed by atoms with Crippen LogP contribution in [-0.2, 0) is 11.2 Å². The number of rotatable bonds is 4. The molecule has 4 nitrogen and oxygen atoms in total. The first-order valence-corrected chi connectivity index (χ1v) is 8.04. The van der Waals surface area contributed by atoms with Crippen LogP contribution in [0, 0.1) is 6.92 Å². The highest BCUT2D eigenvalue weighted by atomic mass is 32.1. The first-order valence-electron chi connectivity index (χ1n) is 7.10. The van der Waals surface area contributed by atoms with Gasteiger partial charge in [0.05, 0.1) is 13.0 Å². The van der Waals surface area contributed by atoms with Gasteiger partial charge in [-0.15, -0.1) is 0 Å². The van der Waals surface area contributed by atoms with Gasteiger partial charge in [0.2, 0.25) is 11.8 Å². The van der Waals surface area contributed by atoms with E-state index in [1.807, 2.05) is 46.8 Å². The van der Waals surface area contributed by atoms with Gasteiger partial charge in [0.1, 0.15) is 6.10 Å². The molecule has 1 aliphatic heterocycles. The standard InChI is InChI=1S/C16H18N2O2S/c1-12-3-2-4-15(17-12)20-14-5-7-18(10-14)16(19)9-13-6-8-21-11-13/h2-4,6,8,11,14H,5,7,9-10H2,1H3. The second kappa shape index (κ2) is 6.26. The minimum atomic E-state index is 0.0470. The fourth-order valence-electron chi connectivity index (χ4n) is 2.49. The highest BCUT2D eigenvalue weighted by Gasteiger charge is 2.27. The van der Waals surface area contributed by atoms with E-state index in [9.17, 15) is 4.79 Å². The predicted molar refractivity (Wildman–Crippen MR) is 82.6 cm³/mol. The van der Waals surface area contributed by atoms with Crippen LogP contribution >= 0.6 is 11.3 Å². The highest BCUT2D eigenvalue weighted by Crippen LogP contribution is 2.18. The summed E-state index contributed by atoms with van der Waals surface area (Å²) in [7, 11) is 0. The van der Waals surface area contributed by atoms with Crippen LogP contribution in [0.25, 0.3) is 0 Å². The molecular weight excluding hydrogens is 284 g/mol. The maximum absolute atomic E-state index is 12.2. The number of hydrogen-bond acceptors (Lipinski definition) is 4. The van der Waals surface area contributed by atoms with Crippen molar-refractivity contribution in [1.29, 1.82) is 0 Å². The molecule has 5 heteroatoms. The topological polar surface area (TPSA) is 42.4 Å². The number of hydrogen-bond donors (Lipinski definition) is 0. The lowest BCUT2D eigenvalue weighted by Crippen LogP contribution is -2.32. The Morgan fingerprint density at radius 3 is 3.14 bits per heavy atom. The van der Waals surface area contributed by atoms with Crippen molar-refractivity contribution in [3.8, 4) is 5.88 Å². The van der Waals surface area contributed by atoms with E-state index in [4.69, 9.17) is 4.74 Å². The molecule has 2 aromatic rings. The summed E-state index contributed by atoms with van der Waals surface area (Å²) in [6, 6.07) is 7.75. The number of aryl methyl sites for hydroxylation is 1. The minimum Gasteiger partial charge on any atom is -0.472 e. The molecule has 1 fully saturated rings. The Hall–Kier alpha value is -1.88. The fourth-order valence-corrected chi connectivity index (χ4v) is 3.15. The Kier molecular flexibility index (Phi) is 4.20. The van der Waals surface area contributed by atoms with Crippen molar-refractivity contribution in [1.82, 2.24) is 9.88 Å². The maximum Gasteiger partial charge on any atom is 0.227 e. The van der Waals surface area contributed by atoms with Crippen molar-refractivity contribution < 1.29 is 9.53 Å². The molecule has 21 heavy (non-hydrogen) atoms. The first kappa shape index (κ1) is 14.1. The number of amides is 1. The summed E-state index contributed by atoms with van der Waals surface area (Å²) < 4.78 is 5.87. The maximum atomic E-state index is 12.2. The Labute approximate surface area is 128 Å². The van der Waals surface area contributed by atoms with Gasteiger partial charge in [-0.1, -0.05) is 6.07 Å². The third-order valence-corrected chi connectivity index (χ3v) is 4.32. The second-order valence-electron chi connectivity index (χ2n) is 5.29. The average molecular weight is 302 g/mol. The quantitative estimate of drug-likeness (QED) is 0.872. The third-order valence-electron chi connectivity index (χ3n) is 3.58. The molecule has 0 aromatic carbocycles. The number of carbonyl (C=O) groups is 1. The molecule has 0 bridgehead atoms. The molecular formula is C16H18N2O2S. The van der Waals surface area contributed by atoms with E-state index in [0.717, 1.165) is 24.2 Å². The number of aromatic nitrogens is 1. The smallest absolute Gasteiger partial charge is 0.227 e. The molecule has 2 aromatic heterocycles. The van der Waals surface area contributed by atoms with E-state index in [0.29, 0.717) is 18.8 Å². The summed E-state index contributed by atoms with van der Waals surface area (Å²) in [4.78, 5) is 18.5. The Bertz CT molecular complexity index is 612. The van der Waals surface area contributed by atoms with Crippen molar-refractivity contribution in [2.45, 2.75) is 25.9 Å². The molecule has 0 radical (unpaired) electrons. The summed E-state index contributed by atoms with van der Waals surface area (Å²) in [5, 5.41) is 4.03. The van der Waals surface area contributed by atoms with Crippen LogP contribution in [-0.4, -0.2) is 35.0 Å². The van der Waals surface area contributed by atoms with Crippen LogP contribution in [0.5, 0.6) is 5.88 Å². The van der Waals surface area contributed by atoms with Gasteiger partial charge in [-0.3, -0.25) is 4.79 Å². The Morgan fingerprint density at radius 2 is 2.38 bits per heavy atom. The van der Waals surface area contributed by atoms with Gasteiger partial charge in [0, 0.05) is 24.7 Å². The Balaban J connectivity index is 1.54. The van der Waals surface area contributed by atoms with Gasteiger partial charge in [0.15, 0.2) is 0 Å². The molecule has 0 spiro atoms. The highest BCUT2D eigenvalue weighted by molar-refractivity contribution is 7.07. The van der Waals surface area contributed by atoms with Crippen molar-refractivity contribution in [2.24, 2.45) is 0 Å². The summed E-state index contributed by atoms with van der Waals surface area (Å²) in [6.45, 7) is 3.36. The summed E-state index contributed by atoms with van der Waals surface area (Å²) in [6.07, 6.45) is 1.40. The molecule has 3 heterocycles. The van der Waals surface area contributed by atoms with Crippen LogP contribution in [0.15, 0.2) is 35.0 Å². The SMILES string of the molecule is Cc1cccc(OC2CCN(C(=O)Cc3ccsc3)C2)n1. The van der Waals surface area contributed by atoms with E-state index in [-0.39, 0.29) is 12.0 Å². The number of thiophene rings is 1. The van der Waals surface area contributed by atoms with E-state index < -0.39 is 0 Å². The molecule has 1 atom stereocenters.